The quantitative estimate of drug-likeness (QED) is 0.510. The molecule has 9 heavy (non-hydrogen) atoms. The molecule has 0 bridgehead atoms. The zero-order valence-corrected chi connectivity index (χ0v) is 5.33. The maximum atomic E-state index is 5.23. The molecule has 45 valence electrons. The Morgan fingerprint density at radius 3 is 2.78 bits per heavy atom. The van der Waals surface area contributed by atoms with Crippen LogP contribution in [-0.4, -0.2) is 12.4 Å². The van der Waals surface area contributed by atoms with Gasteiger partial charge in [-0.3, -0.25) is 4.98 Å². The summed E-state index contributed by atoms with van der Waals surface area (Å²) in [4.78, 5) is 4.11. The second-order valence-electron chi connectivity index (χ2n) is 1.87. The van der Waals surface area contributed by atoms with Crippen molar-refractivity contribution in [2.45, 2.75) is 6.92 Å². The van der Waals surface area contributed by atoms with E-state index < -0.39 is 0 Å². The standard InChI is InChI=1S/C6H8BN2/c1-5-3-2-4-6(7-8)9-5/h2-4H,8H2,1H3. The Bertz CT molecular complexity index is 200. The molecule has 0 aliphatic carbocycles. The number of nitrogens with two attached hydrogens (primary N) is 1. The summed E-state index contributed by atoms with van der Waals surface area (Å²) in [6.45, 7) is 1.94. The van der Waals surface area contributed by atoms with Crippen LogP contribution < -0.4 is 11.2 Å². The van der Waals surface area contributed by atoms with Crippen molar-refractivity contribution in [2.24, 2.45) is 5.64 Å². The number of hydrogen-bond acceptors (Lipinski definition) is 2. The van der Waals surface area contributed by atoms with Gasteiger partial charge in [0.05, 0.1) is 0 Å². The fraction of sp³-hybridized carbons (Fsp3) is 0.167. The minimum atomic E-state index is 0.829. The zero-order chi connectivity index (χ0) is 6.69. The zero-order valence-electron chi connectivity index (χ0n) is 5.33. The average molecular weight is 119 g/mol. The number of aromatic nitrogens is 1. The largest absolute Gasteiger partial charge is 0.369 e. The van der Waals surface area contributed by atoms with Crippen molar-refractivity contribution < 1.29 is 0 Å². The summed E-state index contributed by atoms with van der Waals surface area (Å²) in [6, 6.07) is 5.74. The topological polar surface area (TPSA) is 38.9 Å². The second kappa shape index (κ2) is 2.64. The molecular formula is C6H8BN2. The fourth-order valence-electron chi connectivity index (χ4n) is 0.657. The van der Waals surface area contributed by atoms with E-state index in [0.29, 0.717) is 0 Å². The number of nitrogens with zero attached hydrogens (tertiary/aromatic N) is 1. The number of hydrogen-bond donors (Lipinski definition) is 1. The fourth-order valence-corrected chi connectivity index (χ4v) is 0.657. The van der Waals surface area contributed by atoms with Crippen molar-refractivity contribution in [3.05, 3.63) is 23.9 Å². The molecular weight excluding hydrogens is 111 g/mol. The summed E-state index contributed by atoms with van der Waals surface area (Å²) in [5, 5.41) is 0. The normalized spacial score (nSPS) is 9.11. The molecule has 3 heteroatoms. The van der Waals surface area contributed by atoms with Crippen LogP contribution in [0.4, 0.5) is 0 Å². The Hall–Kier alpha value is -0.825. The molecule has 0 atom stereocenters. The lowest BCUT2D eigenvalue weighted by atomic mass is 9.91. The molecule has 1 aromatic rings. The lowest BCUT2D eigenvalue weighted by Gasteiger charge is -1.93. The van der Waals surface area contributed by atoms with Gasteiger partial charge < -0.3 is 5.64 Å². The van der Waals surface area contributed by atoms with E-state index in [2.05, 4.69) is 4.98 Å². The molecule has 0 saturated heterocycles. The predicted octanol–water partition coefficient (Wildman–Crippen LogP) is -0.407. The van der Waals surface area contributed by atoms with Gasteiger partial charge in [0.25, 0.3) is 7.41 Å². The van der Waals surface area contributed by atoms with Gasteiger partial charge in [0.2, 0.25) is 0 Å². The van der Waals surface area contributed by atoms with Crippen LogP contribution in [0.5, 0.6) is 0 Å². The van der Waals surface area contributed by atoms with Crippen LogP contribution >= 0.6 is 0 Å². The monoisotopic (exact) mass is 119 g/mol. The van der Waals surface area contributed by atoms with Crippen molar-refractivity contribution >= 4 is 13.0 Å². The van der Waals surface area contributed by atoms with E-state index in [4.69, 9.17) is 5.64 Å². The van der Waals surface area contributed by atoms with E-state index in [-0.39, 0.29) is 0 Å². The molecule has 0 spiro atoms. The first-order valence-corrected chi connectivity index (χ1v) is 2.81. The van der Waals surface area contributed by atoms with Gasteiger partial charge in [0, 0.05) is 11.3 Å². The molecule has 0 aliphatic rings. The molecule has 1 aromatic heterocycles. The van der Waals surface area contributed by atoms with E-state index in [1.54, 1.807) is 0 Å². The molecule has 0 aromatic carbocycles. The van der Waals surface area contributed by atoms with Gasteiger partial charge in [-0.1, -0.05) is 6.07 Å². The molecule has 2 nitrogen and oxygen atoms in total. The Labute approximate surface area is 55.4 Å². The molecule has 0 saturated carbocycles. The summed E-state index contributed by atoms with van der Waals surface area (Å²) in [6.07, 6.45) is 0. The van der Waals surface area contributed by atoms with Crippen LogP contribution in [0.25, 0.3) is 0 Å². The van der Waals surface area contributed by atoms with E-state index in [9.17, 15) is 0 Å². The van der Waals surface area contributed by atoms with Crippen molar-refractivity contribution in [1.82, 2.24) is 4.98 Å². The summed E-state index contributed by atoms with van der Waals surface area (Å²) >= 11 is 0. The lowest BCUT2D eigenvalue weighted by Crippen LogP contribution is -2.26. The Balaban J connectivity index is 2.94. The Morgan fingerprint density at radius 2 is 2.33 bits per heavy atom. The van der Waals surface area contributed by atoms with Gasteiger partial charge >= 0.3 is 0 Å². The molecule has 1 rings (SSSR count). The minimum Gasteiger partial charge on any atom is -0.369 e. The van der Waals surface area contributed by atoms with Crippen LogP contribution in [-0.2, 0) is 0 Å². The van der Waals surface area contributed by atoms with Crippen LogP contribution in [0.3, 0.4) is 0 Å². The first-order valence-electron chi connectivity index (χ1n) is 2.81. The van der Waals surface area contributed by atoms with Gasteiger partial charge in [-0.15, -0.1) is 0 Å². The van der Waals surface area contributed by atoms with Gasteiger partial charge in [0.1, 0.15) is 0 Å². The predicted molar refractivity (Wildman–Crippen MR) is 38.5 cm³/mol. The second-order valence-corrected chi connectivity index (χ2v) is 1.87. The van der Waals surface area contributed by atoms with E-state index in [1.165, 1.54) is 7.41 Å². The molecule has 0 amide bonds. The van der Waals surface area contributed by atoms with E-state index in [0.717, 1.165) is 11.3 Å². The van der Waals surface area contributed by atoms with Gasteiger partial charge in [-0.25, -0.2) is 0 Å². The van der Waals surface area contributed by atoms with Gasteiger partial charge in [-0.05, 0) is 19.1 Å². The highest BCUT2D eigenvalue weighted by molar-refractivity contribution is 6.48. The van der Waals surface area contributed by atoms with Crippen LogP contribution in [0.1, 0.15) is 5.69 Å². The SMILES string of the molecule is Cc1cccc([B]N)n1. The Morgan fingerprint density at radius 1 is 1.56 bits per heavy atom. The van der Waals surface area contributed by atoms with Crippen LogP contribution in [0.2, 0.25) is 0 Å². The molecule has 1 heterocycles. The third-order valence-electron chi connectivity index (χ3n) is 1.08. The highest BCUT2D eigenvalue weighted by atomic mass is 14.7. The number of pyridine rings is 1. The third-order valence-corrected chi connectivity index (χ3v) is 1.08. The highest BCUT2D eigenvalue weighted by Gasteiger charge is 1.90. The Kier molecular flexibility index (Phi) is 1.85. The van der Waals surface area contributed by atoms with E-state index >= 15 is 0 Å². The molecule has 1 radical (unpaired) electrons. The molecule has 2 N–H and O–H groups in total. The van der Waals surface area contributed by atoms with Crippen molar-refractivity contribution in [2.75, 3.05) is 0 Å². The first kappa shape index (κ1) is 6.30. The van der Waals surface area contributed by atoms with Gasteiger partial charge in [-0.2, -0.15) is 0 Å². The lowest BCUT2D eigenvalue weighted by molar-refractivity contribution is 1.23. The molecule has 0 aliphatic heterocycles. The average Bonchev–Trinajstić information content (AvgIpc) is 1.88. The molecule has 0 fully saturated rings. The van der Waals surface area contributed by atoms with Crippen LogP contribution in [0, 0.1) is 6.92 Å². The number of aryl methyl sites for hydroxylation is 1. The maximum absolute atomic E-state index is 5.23. The third kappa shape index (κ3) is 1.54. The van der Waals surface area contributed by atoms with E-state index in [1.807, 2.05) is 25.1 Å². The minimum absolute atomic E-state index is 0.829. The summed E-state index contributed by atoms with van der Waals surface area (Å²) < 4.78 is 0. The van der Waals surface area contributed by atoms with Gasteiger partial charge in [0.15, 0.2) is 0 Å². The highest BCUT2D eigenvalue weighted by Crippen LogP contribution is 1.84. The van der Waals surface area contributed by atoms with Crippen molar-refractivity contribution in [3.8, 4) is 0 Å². The van der Waals surface area contributed by atoms with Crippen LogP contribution in [0.15, 0.2) is 18.2 Å². The summed E-state index contributed by atoms with van der Waals surface area (Å²) in [7, 11) is 1.49. The molecule has 0 unspecified atom stereocenters. The first-order chi connectivity index (χ1) is 4.33. The summed E-state index contributed by atoms with van der Waals surface area (Å²) in [5.74, 6) is 0. The van der Waals surface area contributed by atoms with Crippen molar-refractivity contribution in [1.29, 1.82) is 0 Å². The maximum Gasteiger partial charge on any atom is 0.267 e. The smallest absolute Gasteiger partial charge is 0.267 e. The number of rotatable bonds is 1. The summed E-state index contributed by atoms with van der Waals surface area (Å²) in [5.41, 5.74) is 7.05. The van der Waals surface area contributed by atoms with Crippen molar-refractivity contribution in [3.63, 3.8) is 0 Å².